The van der Waals surface area contributed by atoms with E-state index < -0.39 is 6.04 Å². The lowest BCUT2D eigenvalue weighted by atomic mass is 10.1. The molecule has 4 rings (SSSR count). The first-order valence-electron chi connectivity index (χ1n) is 11.6. The molecule has 0 saturated heterocycles. The molecule has 1 N–H and O–H groups in total. The Hall–Kier alpha value is -3.09. The lowest BCUT2D eigenvalue weighted by Gasteiger charge is -2.32. The number of rotatable bonds is 8. The van der Waals surface area contributed by atoms with Crippen LogP contribution < -0.4 is 10.2 Å². The van der Waals surface area contributed by atoms with Crippen molar-refractivity contribution in [2.24, 2.45) is 0 Å². The van der Waals surface area contributed by atoms with Gasteiger partial charge in [0.2, 0.25) is 11.8 Å². The standard InChI is InChI=1S/C27H27Cl2N3O3/c1-4-22(26(34)30-16(2)3)31(14-18-11-12-19(28)13-21(18)29)24(33)15-32-23-10-6-8-17-7-5-9-20(25(17)23)27(32)35/h5-13,16,22H,4,14-15H2,1-3H3,(H,30,34)/t22-/m0/s1. The van der Waals surface area contributed by atoms with Crippen LogP contribution in [0.25, 0.3) is 10.8 Å². The van der Waals surface area contributed by atoms with Gasteiger partial charge in [0.1, 0.15) is 12.6 Å². The summed E-state index contributed by atoms with van der Waals surface area (Å²) in [6, 6.07) is 15.4. The van der Waals surface area contributed by atoms with Crippen LogP contribution in [0.1, 0.15) is 43.1 Å². The number of hydrogen-bond donors (Lipinski definition) is 1. The highest BCUT2D eigenvalue weighted by atomic mass is 35.5. The van der Waals surface area contributed by atoms with Crippen molar-refractivity contribution in [3.05, 3.63) is 75.8 Å². The fourth-order valence-electron chi connectivity index (χ4n) is 4.50. The molecule has 3 amide bonds. The van der Waals surface area contributed by atoms with E-state index in [4.69, 9.17) is 23.2 Å². The van der Waals surface area contributed by atoms with E-state index in [1.807, 2.05) is 51.1 Å². The normalized spacial score (nSPS) is 13.4. The van der Waals surface area contributed by atoms with Crippen LogP contribution in [0.5, 0.6) is 0 Å². The van der Waals surface area contributed by atoms with Crippen molar-refractivity contribution in [3.63, 3.8) is 0 Å². The second-order valence-corrected chi connectivity index (χ2v) is 9.76. The predicted octanol–water partition coefficient (Wildman–Crippen LogP) is 5.44. The first-order valence-corrected chi connectivity index (χ1v) is 12.3. The van der Waals surface area contributed by atoms with Crippen LogP contribution in [0.4, 0.5) is 5.69 Å². The second-order valence-electron chi connectivity index (χ2n) is 8.92. The van der Waals surface area contributed by atoms with Crippen molar-refractivity contribution in [1.29, 1.82) is 0 Å². The predicted molar refractivity (Wildman–Crippen MR) is 140 cm³/mol. The summed E-state index contributed by atoms with van der Waals surface area (Å²) in [4.78, 5) is 43.1. The molecule has 35 heavy (non-hydrogen) atoms. The van der Waals surface area contributed by atoms with Gasteiger partial charge in [-0.05, 0) is 55.5 Å². The molecule has 0 bridgehead atoms. The minimum absolute atomic E-state index is 0.0834. The summed E-state index contributed by atoms with van der Waals surface area (Å²) in [5, 5.41) is 5.57. The summed E-state index contributed by atoms with van der Waals surface area (Å²) in [7, 11) is 0. The molecule has 0 fully saturated rings. The zero-order valence-electron chi connectivity index (χ0n) is 19.8. The first-order chi connectivity index (χ1) is 16.7. The van der Waals surface area contributed by atoms with Crippen molar-refractivity contribution in [1.82, 2.24) is 10.2 Å². The molecule has 0 aliphatic carbocycles. The van der Waals surface area contributed by atoms with Crippen molar-refractivity contribution in [3.8, 4) is 0 Å². The zero-order chi connectivity index (χ0) is 25.3. The lowest BCUT2D eigenvalue weighted by Crippen LogP contribution is -2.53. The Kier molecular flexibility index (Phi) is 7.33. The Morgan fingerprint density at radius 1 is 1.06 bits per heavy atom. The van der Waals surface area contributed by atoms with Crippen LogP contribution in [-0.4, -0.2) is 41.2 Å². The van der Waals surface area contributed by atoms with E-state index in [1.54, 1.807) is 24.3 Å². The molecule has 6 nitrogen and oxygen atoms in total. The van der Waals surface area contributed by atoms with E-state index in [1.165, 1.54) is 9.80 Å². The molecule has 3 aromatic rings. The van der Waals surface area contributed by atoms with Crippen molar-refractivity contribution >= 4 is 57.4 Å². The lowest BCUT2D eigenvalue weighted by molar-refractivity contribution is -0.140. The molecule has 182 valence electrons. The molecule has 0 saturated carbocycles. The van der Waals surface area contributed by atoms with Crippen LogP contribution in [0.15, 0.2) is 54.6 Å². The minimum atomic E-state index is -0.729. The third kappa shape index (κ3) is 5.00. The largest absolute Gasteiger partial charge is 0.352 e. The maximum Gasteiger partial charge on any atom is 0.259 e. The molecular weight excluding hydrogens is 485 g/mol. The number of benzene rings is 3. The average molecular weight is 512 g/mol. The number of nitrogens with zero attached hydrogens (tertiary/aromatic N) is 2. The minimum Gasteiger partial charge on any atom is -0.352 e. The number of halogens is 2. The summed E-state index contributed by atoms with van der Waals surface area (Å²) >= 11 is 12.5. The molecule has 8 heteroatoms. The van der Waals surface area contributed by atoms with Gasteiger partial charge in [0.15, 0.2) is 0 Å². The van der Waals surface area contributed by atoms with Gasteiger partial charge >= 0.3 is 0 Å². The molecule has 1 heterocycles. The quantitative estimate of drug-likeness (QED) is 0.437. The molecule has 0 unspecified atom stereocenters. The van der Waals surface area contributed by atoms with E-state index >= 15 is 0 Å². The Morgan fingerprint density at radius 2 is 1.77 bits per heavy atom. The molecule has 3 aromatic carbocycles. The maximum absolute atomic E-state index is 13.8. The van der Waals surface area contributed by atoms with Crippen molar-refractivity contribution in [2.75, 3.05) is 11.4 Å². The van der Waals surface area contributed by atoms with Crippen LogP contribution in [-0.2, 0) is 16.1 Å². The number of hydrogen-bond acceptors (Lipinski definition) is 3. The number of carbonyl (C=O) groups excluding carboxylic acids is 3. The summed E-state index contributed by atoms with van der Waals surface area (Å²) in [6.07, 6.45) is 0.402. The molecule has 0 aromatic heterocycles. The monoisotopic (exact) mass is 511 g/mol. The van der Waals surface area contributed by atoms with Gasteiger partial charge in [-0.3, -0.25) is 19.3 Å². The van der Waals surface area contributed by atoms with Gasteiger partial charge in [0.25, 0.3) is 5.91 Å². The number of amides is 3. The first kappa shape index (κ1) is 25.0. The van der Waals surface area contributed by atoms with E-state index in [0.717, 1.165) is 10.8 Å². The van der Waals surface area contributed by atoms with Gasteiger partial charge in [-0.25, -0.2) is 0 Å². The summed E-state index contributed by atoms with van der Waals surface area (Å²) in [6.45, 7) is 5.51. The molecule has 0 radical (unpaired) electrons. The molecule has 1 atom stereocenters. The SMILES string of the molecule is CC[C@@H](C(=O)NC(C)C)N(Cc1ccc(Cl)cc1Cl)C(=O)CN1C(=O)c2cccc3cccc1c23. The van der Waals surface area contributed by atoms with Crippen LogP contribution in [0.3, 0.4) is 0 Å². The topological polar surface area (TPSA) is 69.7 Å². The Balaban J connectivity index is 1.67. The van der Waals surface area contributed by atoms with Crippen LogP contribution in [0.2, 0.25) is 10.0 Å². The van der Waals surface area contributed by atoms with Gasteiger partial charge in [-0.15, -0.1) is 0 Å². The Bertz CT molecular complexity index is 1300. The highest BCUT2D eigenvalue weighted by Crippen LogP contribution is 2.37. The summed E-state index contributed by atoms with van der Waals surface area (Å²) < 4.78 is 0. The van der Waals surface area contributed by atoms with E-state index in [-0.39, 0.29) is 36.9 Å². The van der Waals surface area contributed by atoms with E-state index in [0.29, 0.717) is 33.3 Å². The molecular formula is C27H27Cl2N3O3. The maximum atomic E-state index is 13.8. The summed E-state index contributed by atoms with van der Waals surface area (Å²) in [5.41, 5.74) is 1.93. The van der Waals surface area contributed by atoms with E-state index in [2.05, 4.69) is 5.32 Å². The van der Waals surface area contributed by atoms with Gasteiger partial charge in [-0.1, -0.05) is 60.5 Å². The second kappa shape index (κ2) is 10.3. The molecule has 1 aliphatic rings. The van der Waals surface area contributed by atoms with Gasteiger partial charge in [0, 0.05) is 33.6 Å². The molecule has 1 aliphatic heterocycles. The third-order valence-electron chi connectivity index (χ3n) is 6.12. The highest BCUT2D eigenvalue weighted by molar-refractivity contribution is 6.35. The van der Waals surface area contributed by atoms with E-state index in [9.17, 15) is 14.4 Å². The summed E-state index contributed by atoms with van der Waals surface area (Å²) in [5.74, 6) is -0.826. The smallest absolute Gasteiger partial charge is 0.259 e. The van der Waals surface area contributed by atoms with Gasteiger partial charge < -0.3 is 10.2 Å². The van der Waals surface area contributed by atoms with Crippen LogP contribution in [0, 0.1) is 0 Å². The molecule has 0 spiro atoms. The van der Waals surface area contributed by atoms with Gasteiger partial charge in [0.05, 0.1) is 5.69 Å². The van der Waals surface area contributed by atoms with Crippen molar-refractivity contribution in [2.45, 2.75) is 45.8 Å². The third-order valence-corrected chi connectivity index (χ3v) is 6.70. The number of nitrogens with one attached hydrogen (secondary N) is 1. The Labute approximate surface area is 214 Å². The number of carbonyl (C=O) groups is 3. The average Bonchev–Trinajstić information content (AvgIpc) is 3.08. The fraction of sp³-hybridized carbons (Fsp3) is 0.296. The van der Waals surface area contributed by atoms with Gasteiger partial charge in [-0.2, -0.15) is 0 Å². The zero-order valence-corrected chi connectivity index (χ0v) is 21.4. The Morgan fingerprint density at radius 3 is 2.43 bits per heavy atom. The van der Waals surface area contributed by atoms with Crippen LogP contribution >= 0.6 is 23.2 Å². The highest BCUT2D eigenvalue weighted by Gasteiger charge is 2.35. The fourth-order valence-corrected chi connectivity index (χ4v) is 4.96. The van der Waals surface area contributed by atoms with Crippen molar-refractivity contribution < 1.29 is 14.4 Å². The number of anilines is 1.